The minimum atomic E-state index is -0.585. The van der Waals surface area contributed by atoms with E-state index < -0.39 is 11.8 Å². The van der Waals surface area contributed by atoms with Gasteiger partial charge >= 0.3 is 0 Å². The largest absolute Gasteiger partial charge is 0.493 e. The average molecular weight is 645 g/mol. The van der Waals surface area contributed by atoms with Gasteiger partial charge in [-0.25, -0.2) is 0 Å². The van der Waals surface area contributed by atoms with E-state index in [-0.39, 0.29) is 42.4 Å². The normalized spacial score (nSPS) is 12.0. The third-order valence-electron chi connectivity index (χ3n) is 4.86. The molecule has 4 N–H and O–H groups in total. The zero-order valence-electron chi connectivity index (χ0n) is 17.4. The summed E-state index contributed by atoms with van der Waals surface area (Å²) in [6, 6.07) is 6.46. The summed E-state index contributed by atoms with van der Waals surface area (Å²) < 4.78 is 1.24. The van der Waals surface area contributed by atoms with E-state index in [1.807, 2.05) is 0 Å². The first-order valence-electron chi connectivity index (χ1n) is 9.92. The number of hydrogen-bond acceptors (Lipinski definition) is 6. The van der Waals surface area contributed by atoms with E-state index in [2.05, 4.69) is 62.3 Å². The summed E-state index contributed by atoms with van der Waals surface area (Å²) in [5.74, 6) is -1.69. The Bertz CT molecular complexity index is 1430. The number of fused-ring (bicyclic) bond motifs is 2. The zero-order valence-corrected chi connectivity index (χ0v) is 22.1. The number of H-pyrrole nitrogens is 2. The van der Waals surface area contributed by atoms with Crippen LogP contribution in [0.5, 0.6) is 11.8 Å². The van der Waals surface area contributed by atoms with Crippen molar-refractivity contribution in [3.63, 3.8) is 0 Å². The Morgan fingerprint density at radius 3 is 1.57 bits per heavy atom. The Morgan fingerprint density at radius 1 is 0.771 bits per heavy atom. The molecule has 0 radical (unpaired) electrons. The maximum absolute atomic E-state index is 12.1. The molecule has 2 aromatic heterocycles. The van der Waals surface area contributed by atoms with E-state index in [0.717, 1.165) is 0 Å². The standard InChI is InChI=1S/C21H14Br2Cl2N6O4/c22-12-6-8(24)4-10-16(12)26-20(34)18(10)30-28-14(32)2-1-3-15(33)29-31-19-11-5-9(25)7-13(23)17(11)27-21(19)35/h4-7,26-27,34-35H,1-3H2. The highest BCUT2D eigenvalue weighted by Gasteiger charge is 2.16. The van der Waals surface area contributed by atoms with E-state index in [9.17, 15) is 19.8 Å². The summed E-state index contributed by atoms with van der Waals surface area (Å²) in [5.41, 5.74) is 1.26. The fourth-order valence-corrected chi connectivity index (χ4v) is 5.11. The van der Waals surface area contributed by atoms with Crippen LogP contribution in [0, 0.1) is 0 Å². The number of amides is 2. The lowest BCUT2D eigenvalue weighted by molar-refractivity contribution is -0.119. The van der Waals surface area contributed by atoms with Crippen molar-refractivity contribution >= 4 is 100 Å². The minimum absolute atomic E-state index is 0.0702. The van der Waals surface area contributed by atoms with Gasteiger partial charge in [-0.05, 0) is 62.5 Å². The predicted octanol–water partition coefficient (Wildman–Crippen LogP) is 7.98. The molecule has 10 nitrogen and oxygen atoms in total. The van der Waals surface area contributed by atoms with Gasteiger partial charge in [0.25, 0.3) is 11.8 Å². The van der Waals surface area contributed by atoms with E-state index in [0.29, 0.717) is 40.8 Å². The molecule has 0 unspecified atom stereocenters. The van der Waals surface area contributed by atoms with Crippen LogP contribution in [0.1, 0.15) is 19.3 Å². The molecule has 0 aliphatic rings. The molecular weight excluding hydrogens is 631 g/mol. The first-order valence-corrected chi connectivity index (χ1v) is 12.3. The highest BCUT2D eigenvalue weighted by molar-refractivity contribution is 9.11. The van der Waals surface area contributed by atoms with Crippen LogP contribution >= 0.6 is 55.1 Å². The van der Waals surface area contributed by atoms with Crippen molar-refractivity contribution in [2.75, 3.05) is 0 Å². The van der Waals surface area contributed by atoms with Crippen LogP contribution in [0.2, 0.25) is 10.0 Å². The summed E-state index contributed by atoms with van der Waals surface area (Å²) in [5, 5.41) is 36.9. The van der Waals surface area contributed by atoms with Crippen molar-refractivity contribution in [1.82, 2.24) is 9.97 Å². The van der Waals surface area contributed by atoms with Crippen molar-refractivity contribution in [2.45, 2.75) is 19.3 Å². The number of nitrogens with one attached hydrogen (secondary N) is 2. The molecule has 0 aliphatic carbocycles. The fraction of sp³-hybridized carbons (Fsp3) is 0.143. The SMILES string of the molecule is O=C(CCCC(=O)N=Nc1c(O)[nH]c2c(Br)cc(Cl)cc12)N=Nc1c(O)[nH]c2c(Br)cc(Cl)cc12. The van der Waals surface area contributed by atoms with Gasteiger partial charge in [-0.2, -0.15) is 0 Å². The second-order valence-electron chi connectivity index (χ2n) is 7.31. The number of carbonyl (C=O) groups is 2. The van der Waals surface area contributed by atoms with Gasteiger partial charge in [0.05, 0.1) is 11.0 Å². The van der Waals surface area contributed by atoms with Crippen LogP contribution in [0.3, 0.4) is 0 Å². The number of rotatable bonds is 6. The van der Waals surface area contributed by atoms with Crippen molar-refractivity contribution in [1.29, 1.82) is 0 Å². The van der Waals surface area contributed by atoms with Crippen LogP contribution < -0.4 is 0 Å². The Hall–Kier alpha value is -2.80. The van der Waals surface area contributed by atoms with Crippen LogP contribution in [-0.2, 0) is 9.59 Å². The Kier molecular flexibility index (Phi) is 7.55. The Morgan fingerprint density at radius 2 is 1.17 bits per heavy atom. The van der Waals surface area contributed by atoms with Crippen LogP contribution in [-0.4, -0.2) is 32.0 Å². The molecule has 35 heavy (non-hydrogen) atoms. The molecule has 2 amide bonds. The van der Waals surface area contributed by atoms with Gasteiger partial charge in [-0.1, -0.05) is 23.2 Å². The molecule has 0 saturated heterocycles. The molecule has 4 rings (SSSR count). The molecule has 180 valence electrons. The molecule has 0 fully saturated rings. The predicted molar refractivity (Wildman–Crippen MR) is 138 cm³/mol. The average Bonchev–Trinajstić information content (AvgIpc) is 3.27. The summed E-state index contributed by atoms with van der Waals surface area (Å²) in [6.45, 7) is 0. The lowest BCUT2D eigenvalue weighted by Crippen LogP contribution is -1.96. The third kappa shape index (κ3) is 5.56. The lowest BCUT2D eigenvalue weighted by atomic mass is 10.2. The first kappa shape index (κ1) is 25.3. The van der Waals surface area contributed by atoms with Gasteiger partial charge < -0.3 is 20.2 Å². The molecule has 0 saturated carbocycles. The third-order valence-corrected chi connectivity index (χ3v) is 6.55. The number of aromatic nitrogens is 2. The van der Waals surface area contributed by atoms with Crippen molar-refractivity contribution in [3.8, 4) is 11.8 Å². The maximum atomic E-state index is 12.1. The van der Waals surface area contributed by atoms with E-state index in [1.165, 1.54) is 0 Å². The number of benzene rings is 2. The molecule has 0 atom stereocenters. The van der Waals surface area contributed by atoms with Crippen molar-refractivity contribution in [2.24, 2.45) is 20.5 Å². The Balaban J connectivity index is 1.36. The number of nitrogens with zero attached hydrogens (tertiary/aromatic N) is 4. The molecule has 0 aliphatic heterocycles. The molecule has 14 heteroatoms. The van der Waals surface area contributed by atoms with Gasteiger partial charge in [0.2, 0.25) is 11.8 Å². The molecular formula is C21H14Br2Cl2N6O4. The van der Waals surface area contributed by atoms with Crippen molar-refractivity contribution < 1.29 is 19.8 Å². The quantitative estimate of drug-likeness (QED) is 0.157. The molecule has 0 spiro atoms. The smallest absolute Gasteiger partial charge is 0.264 e. The number of halogens is 4. The van der Waals surface area contributed by atoms with Gasteiger partial charge in [0, 0.05) is 42.6 Å². The first-order chi connectivity index (χ1) is 16.6. The van der Waals surface area contributed by atoms with Crippen molar-refractivity contribution in [3.05, 3.63) is 43.3 Å². The van der Waals surface area contributed by atoms with Crippen LogP contribution in [0.15, 0.2) is 53.7 Å². The molecule has 2 heterocycles. The fourth-order valence-electron chi connectivity index (χ4n) is 3.29. The summed E-state index contributed by atoms with van der Waals surface area (Å²) in [4.78, 5) is 29.7. The monoisotopic (exact) mass is 642 g/mol. The number of azo groups is 2. The number of aromatic hydroxyl groups is 2. The van der Waals surface area contributed by atoms with Crippen LogP contribution in [0.25, 0.3) is 21.8 Å². The lowest BCUT2D eigenvalue weighted by Gasteiger charge is -1.97. The van der Waals surface area contributed by atoms with E-state index >= 15 is 0 Å². The summed E-state index contributed by atoms with van der Waals surface area (Å²) in [7, 11) is 0. The number of aromatic amines is 2. The van der Waals surface area contributed by atoms with E-state index in [4.69, 9.17) is 23.2 Å². The van der Waals surface area contributed by atoms with Crippen LogP contribution in [0.4, 0.5) is 11.4 Å². The topological polar surface area (TPSA) is 156 Å². The number of hydrogen-bond donors (Lipinski definition) is 4. The second kappa shape index (κ2) is 10.4. The second-order valence-corrected chi connectivity index (χ2v) is 9.89. The molecule has 2 aromatic carbocycles. The van der Waals surface area contributed by atoms with Gasteiger partial charge in [-0.15, -0.1) is 20.5 Å². The Labute approximate surface area is 223 Å². The number of carbonyl (C=O) groups excluding carboxylic acids is 2. The van der Waals surface area contributed by atoms with E-state index in [1.54, 1.807) is 24.3 Å². The zero-order chi connectivity index (χ0) is 25.3. The summed E-state index contributed by atoms with van der Waals surface area (Å²) in [6.07, 6.45) is 0.0165. The van der Waals surface area contributed by atoms with Gasteiger partial charge in [0.1, 0.15) is 0 Å². The highest BCUT2D eigenvalue weighted by Crippen LogP contribution is 2.41. The highest BCUT2D eigenvalue weighted by atomic mass is 79.9. The van der Waals surface area contributed by atoms with Gasteiger partial charge in [0.15, 0.2) is 11.4 Å². The minimum Gasteiger partial charge on any atom is -0.493 e. The maximum Gasteiger partial charge on any atom is 0.264 e. The molecule has 4 aromatic rings. The summed E-state index contributed by atoms with van der Waals surface area (Å²) >= 11 is 18.7. The molecule has 0 bridgehead atoms. The van der Waals surface area contributed by atoms with Gasteiger partial charge in [-0.3, -0.25) is 9.59 Å².